The molecule has 0 saturated heterocycles. The number of aromatic nitrogens is 1. The number of hydrogen-bond donors (Lipinski definition) is 3. The number of anilines is 1. The fourth-order valence-electron chi connectivity index (χ4n) is 1.93. The number of amides is 2. The minimum Gasteiger partial charge on any atom is -0.389 e. The van der Waals surface area contributed by atoms with Crippen LogP contribution in [0.3, 0.4) is 0 Å². The molecule has 0 aliphatic carbocycles. The van der Waals surface area contributed by atoms with Crippen LogP contribution < -0.4 is 16.2 Å². The summed E-state index contributed by atoms with van der Waals surface area (Å²) < 4.78 is 1.39. The molecule has 0 radical (unpaired) electrons. The van der Waals surface area contributed by atoms with E-state index >= 15 is 0 Å². The van der Waals surface area contributed by atoms with Crippen LogP contribution in [0.2, 0.25) is 0 Å². The number of nitrogens with zero attached hydrogens (tertiary/aromatic N) is 1. The zero-order valence-electron chi connectivity index (χ0n) is 12.3. The number of pyridine rings is 1. The number of hydrogen-bond acceptors (Lipinski definition) is 3. The Bertz CT molecular complexity index is 680. The van der Waals surface area contributed by atoms with E-state index in [1.165, 1.54) is 10.6 Å². The monoisotopic (exact) mass is 301 g/mol. The van der Waals surface area contributed by atoms with E-state index in [-0.39, 0.29) is 18.6 Å². The average Bonchev–Trinajstić information content (AvgIpc) is 2.50. The van der Waals surface area contributed by atoms with Crippen molar-refractivity contribution in [2.45, 2.75) is 19.6 Å². The van der Waals surface area contributed by atoms with Crippen molar-refractivity contribution in [3.05, 3.63) is 64.6 Å². The molecule has 1 atom stereocenters. The third kappa shape index (κ3) is 4.75. The molecule has 2 rings (SSSR count). The van der Waals surface area contributed by atoms with Crippen LogP contribution >= 0.6 is 0 Å². The summed E-state index contributed by atoms with van der Waals surface area (Å²) >= 11 is 0. The van der Waals surface area contributed by atoms with Gasteiger partial charge < -0.3 is 20.3 Å². The molecule has 1 unspecified atom stereocenters. The second kappa shape index (κ2) is 7.42. The van der Waals surface area contributed by atoms with Crippen molar-refractivity contribution in [1.82, 2.24) is 9.88 Å². The van der Waals surface area contributed by atoms with Crippen molar-refractivity contribution in [2.75, 3.05) is 11.9 Å². The number of aliphatic hydroxyl groups is 1. The van der Waals surface area contributed by atoms with Gasteiger partial charge in [0.15, 0.2) is 0 Å². The Hall–Kier alpha value is -2.60. The molecule has 0 aliphatic heterocycles. The normalized spacial score (nSPS) is 11.7. The Labute approximate surface area is 128 Å². The maximum Gasteiger partial charge on any atom is 0.319 e. The van der Waals surface area contributed by atoms with Crippen LogP contribution in [0.4, 0.5) is 10.5 Å². The lowest BCUT2D eigenvalue weighted by atomic mass is 10.2. The lowest BCUT2D eigenvalue weighted by Crippen LogP contribution is -2.38. The summed E-state index contributed by atoms with van der Waals surface area (Å²) in [6.45, 7) is 2.15. The van der Waals surface area contributed by atoms with Gasteiger partial charge in [0.2, 0.25) is 0 Å². The molecule has 22 heavy (non-hydrogen) atoms. The van der Waals surface area contributed by atoms with Gasteiger partial charge in [-0.05, 0) is 25.1 Å². The van der Waals surface area contributed by atoms with Gasteiger partial charge in [0.25, 0.3) is 5.56 Å². The number of aryl methyl sites for hydroxylation is 1. The highest BCUT2D eigenvalue weighted by molar-refractivity contribution is 5.89. The van der Waals surface area contributed by atoms with E-state index in [0.717, 1.165) is 5.56 Å². The smallest absolute Gasteiger partial charge is 0.319 e. The van der Waals surface area contributed by atoms with Gasteiger partial charge in [0, 0.05) is 24.5 Å². The summed E-state index contributed by atoms with van der Waals surface area (Å²) in [5.41, 5.74) is 1.59. The molecule has 116 valence electrons. The van der Waals surface area contributed by atoms with Crippen molar-refractivity contribution in [3.8, 4) is 0 Å². The van der Waals surface area contributed by atoms with Gasteiger partial charge in [-0.15, -0.1) is 0 Å². The lowest BCUT2D eigenvalue weighted by molar-refractivity contribution is 0.151. The van der Waals surface area contributed by atoms with E-state index in [2.05, 4.69) is 10.6 Å². The van der Waals surface area contributed by atoms with Gasteiger partial charge in [-0.3, -0.25) is 4.79 Å². The number of rotatable bonds is 5. The van der Waals surface area contributed by atoms with Crippen LogP contribution in [0.5, 0.6) is 0 Å². The van der Waals surface area contributed by atoms with Crippen molar-refractivity contribution < 1.29 is 9.90 Å². The van der Waals surface area contributed by atoms with E-state index in [1.807, 2.05) is 19.1 Å². The standard InChI is InChI=1S/C16H19N3O3/c1-12-5-7-13(8-6-12)18-16(22)17-10-14(20)11-19-9-3-2-4-15(19)21/h2-9,14,20H,10-11H2,1H3,(H2,17,18,22). The van der Waals surface area contributed by atoms with E-state index in [4.69, 9.17) is 0 Å². The van der Waals surface area contributed by atoms with Gasteiger partial charge in [0.1, 0.15) is 0 Å². The molecular formula is C16H19N3O3. The second-order valence-electron chi connectivity index (χ2n) is 5.05. The minimum absolute atomic E-state index is 0.0546. The second-order valence-corrected chi connectivity index (χ2v) is 5.05. The number of benzene rings is 1. The molecule has 1 heterocycles. The van der Waals surface area contributed by atoms with Crippen molar-refractivity contribution in [1.29, 1.82) is 0 Å². The highest BCUT2D eigenvalue weighted by atomic mass is 16.3. The molecule has 6 heteroatoms. The first-order chi connectivity index (χ1) is 10.5. The summed E-state index contributed by atoms with van der Waals surface area (Å²) in [5.74, 6) is 0. The van der Waals surface area contributed by atoms with Crippen molar-refractivity contribution in [3.63, 3.8) is 0 Å². The predicted molar refractivity (Wildman–Crippen MR) is 84.9 cm³/mol. The maximum atomic E-state index is 11.7. The van der Waals surface area contributed by atoms with Crippen LogP contribution in [0.15, 0.2) is 53.5 Å². The van der Waals surface area contributed by atoms with Gasteiger partial charge in [0.05, 0.1) is 12.6 Å². The molecule has 3 N–H and O–H groups in total. The summed E-state index contributed by atoms with van der Waals surface area (Å²) in [6.07, 6.45) is 0.752. The fourth-order valence-corrected chi connectivity index (χ4v) is 1.93. The van der Waals surface area contributed by atoms with Gasteiger partial charge in [-0.25, -0.2) is 4.79 Å². The third-order valence-corrected chi connectivity index (χ3v) is 3.11. The summed E-state index contributed by atoms with van der Waals surface area (Å²) in [4.78, 5) is 23.2. The molecule has 2 amide bonds. The predicted octanol–water partition coefficient (Wildman–Crippen LogP) is 1.34. The van der Waals surface area contributed by atoms with Crippen LogP contribution in [-0.4, -0.2) is 28.4 Å². The minimum atomic E-state index is -0.844. The number of carbonyl (C=O) groups is 1. The molecule has 6 nitrogen and oxygen atoms in total. The van der Waals surface area contributed by atoms with Crippen LogP contribution in [-0.2, 0) is 6.54 Å². The van der Waals surface area contributed by atoms with E-state index in [0.29, 0.717) is 5.69 Å². The molecule has 0 saturated carbocycles. The van der Waals surface area contributed by atoms with Crippen LogP contribution in [0, 0.1) is 6.92 Å². The number of aliphatic hydroxyl groups excluding tert-OH is 1. The third-order valence-electron chi connectivity index (χ3n) is 3.11. The topological polar surface area (TPSA) is 83.4 Å². The SMILES string of the molecule is Cc1ccc(NC(=O)NCC(O)Cn2ccccc2=O)cc1. The number of nitrogens with one attached hydrogen (secondary N) is 2. The molecule has 0 aliphatic rings. The summed E-state index contributed by atoms with van der Waals surface area (Å²) in [5, 5.41) is 15.1. The fraction of sp³-hybridized carbons (Fsp3) is 0.250. The zero-order chi connectivity index (χ0) is 15.9. The maximum absolute atomic E-state index is 11.7. The Morgan fingerprint density at radius 1 is 1.23 bits per heavy atom. The average molecular weight is 301 g/mol. The number of urea groups is 1. The Kier molecular flexibility index (Phi) is 5.32. The molecule has 0 fully saturated rings. The summed E-state index contributed by atoms with van der Waals surface area (Å²) in [7, 11) is 0. The molecule has 2 aromatic rings. The first kappa shape index (κ1) is 15.8. The van der Waals surface area contributed by atoms with Gasteiger partial charge in [-0.2, -0.15) is 0 Å². The Morgan fingerprint density at radius 2 is 1.95 bits per heavy atom. The first-order valence-electron chi connectivity index (χ1n) is 6.99. The van der Waals surface area contributed by atoms with Crippen LogP contribution in [0.25, 0.3) is 0 Å². The molecule has 1 aromatic carbocycles. The first-order valence-corrected chi connectivity index (χ1v) is 6.99. The molecule has 0 bridgehead atoms. The van der Waals surface area contributed by atoms with E-state index in [9.17, 15) is 14.7 Å². The Morgan fingerprint density at radius 3 is 2.64 bits per heavy atom. The van der Waals surface area contributed by atoms with Crippen molar-refractivity contribution >= 4 is 11.7 Å². The summed E-state index contributed by atoms with van der Waals surface area (Å²) in [6, 6.07) is 11.8. The zero-order valence-corrected chi connectivity index (χ0v) is 12.3. The highest BCUT2D eigenvalue weighted by Gasteiger charge is 2.08. The van der Waals surface area contributed by atoms with Gasteiger partial charge >= 0.3 is 6.03 Å². The van der Waals surface area contributed by atoms with Crippen molar-refractivity contribution in [2.24, 2.45) is 0 Å². The lowest BCUT2D eigenvalue weighted by Gasteiger charge is -2.14. The quantitative estimate of drug-likeness (QED) is 0.779. The van der Waals surface area contributed by atoms with E-state index < -0.39 is 12.1 Å². The number of carbonyl (C=O) groups excluding carboxylic acids is 1. The molecule has 1 aromatic heterocycles. The van der Waals surface area contributed by atoms with E-state index in [1.54, 1.807) is 30.5 Å². The highest BCUT2D eigenvalue weighted by Crippen LogP contribution is 2.07. The largest absolute Gasteiger partial charge is 0.389 e. The molecular weight excluding hydrogens is 282 g/mol. The van der Waals surface area contributed by atoms with Crippen LogP contribution in [0.1, 0.15) is 5.56 Å². The van der Waals surface area contributed by atoms with Gasteiger partial charge in [-0.1, -0.05) is 23.8 Å². The Balaban J connectivity index is 1.79. The molecule has 0 spiro atoms.